The third-order valence-corrected chi connectivity index (χ3v) is 8.32. The van der Waals surface area contributed by atoms with Crippen molar-refractivity contribution in [3.63, 3.8) is 0 Å². The summed E-state index contributed by atoms with van der Waals surface area (Å²) in [5.41, 5.74) is 10.6. The Bertz CT molecular complexity index is 1420. The molecular formula is C31H36N4O4. The molecule has 1 N–H and O–H groups in total. The fourth-order valence-corrected chi connectivity index (χ4v) is 6.13. The number of morpholine rings is 1. The van der Waals surface area contributed by atoms with Gasteiger partial charge in [-0.1, -0.05) is 25.1 Å². The highest BCUT2D eigenvalue weighted by atomic mass is 16.5. The van der Waals surface area contributed by atoms with Gasteiger partial charge in [-0.3, -0.25) is 4.79 Å². The number of hydrogen-bond acceptors (Lipinski definition) is 8. The third-order valence-electron chi connectivity index (χ3n) is 8.32. The molecule has 3 aromatic rings. The lowest BCUT2D eigenvalue weighted by atomic mass is 9.79. The molecule has 2 aromatic carbocycles. The van der Waals surface area contributed by atoms with E-state index in [0.29, 0.717) is 25.5 Å². The van der Waals surface area contributed by atoms with E-state index >= 15 is 0 Å². The van der Waals surface area contributed by atoms with Gasteiger partial charge in [0.25, 0.3) is 0 Å². The number of aromatic nitrogens is 2. The highest BCUT2D eigenvalue weighted by Crippen LogP contribution is 2.43. The van der Waals surface area contributed by atoms with Crippen LogP contribution < -0.4 is 15.0 Å². The number of carbonyl (C=O) groups excluding carboxylic acids is 1. The monoisotopic (exact) mass is 528 g/mol. The normalized spacial score (nSPS) is 19.5. The molecule has 1 fully saturated rings. The lowest BCUT2D eigenvalue weighted by Gasteiger charge is -2.31. The van der Waals surface area contributed by atoms with E-state index in [2.05, 4.69) is 55.3 Å². The number of benzene rings is 2. The largest absolute Gasteiger partial charge is 0.493 e. The van der Waals surface area contributed by atoms with Gasteiger partial charge in [-0.25, -0.2) is 9.97 Å². The van der Waals surface area contributed by atoms with E-state index in [1.807, 2.05) is 6.07 Å². The minimum absolute atomic E-state index is 0.0427. The summed E-state index contributed by atoms with van der Waals surface area (Å²) in [7, 11) is 1.42. The van der Waals surface area contributed by atoms with Crippen molar-refractivity contribution in [1.82, 2.24) is 9.97 Å². The molecule has 3 aliphatic rings. The van der Waals surface area contributed by atoms with Crippen molar-refractivity contribution in [2.45, 2.75) is 52.0 Å². The van der Waals surface area contributed by atoms with Gasteiger partial charge in [0.15, 0.2) is 0 Å². The van der Waals surface area contributed by atoms with Crippen LogP contribution in [0.1, 0.15) is 58.8 Å². The number of methoxy groups -OCH3 is 1. The van der Waals surface area contributed by atoms with Crippen molar-refractivity contribution in [1.29, 1.82) is 0 Å². The highest BCUT2D eigenvalue weighted by molar-refractivity contribution is 5.79. The number of esters is 1. The van der Waals surface area contributed by atoms with Gasteiger partial charge in [-0.2, -0.15) is 0 Å². The quantitative estimate of drug-likeness (QED) is 0.452. The van der Waals surface area contributed by atoms with E-state index in [1.54, 1.807) is 0 Å². The summed E-state index contributed by atoms with van der Waals surface area (Å²) in [6, 6.07) is 10.7. The Morgan fingerprint density at radius 3 is 2.74 bits per heavy atom. The van der Waals surface area contributed by atoms with E-state index in [0.717, 1.165) is 67.1 Å². The van der Waals surface area contributed by atoms with E-state index in [-0.39, 0.29) is 11.9 Å². The SMILES string of the molecule is COC(=O)CC1COc2cc(NCc3ccc4c(c3C)-c3c(C)nc(N5CCOCC5)nc3C(C)C4)ccc21. The van der Waals surface area contributed by atoms with Crippen LogP contribution in [0.5, 0.6) is 5.75 Å². The average Bonchev–Trinajstić information content (AvgIpc) is 3.34. The Kier molecular flexibility index (Phi) is 6.89. The van der Waals surface area contributed by atoms with Crippen molar-refractivity contribution in [3.8, 4) is 16.9 Å². The second kappa shape index (κ2) is 10.5. The standard InChI is InChI=1S/C31H36N4O4/c1-18-13-21-5-6-22(16-32-24-7-8-25-23(14-27(36)37-4)17-39-26(25)15-24)19(2)28(21)29-20(3)33-31(34-30(18)29)35-9-11-38-12-10-35/h5-8,15,18,23,32H,9-14,16-17H2,1-4H3. The van der Waals surface area contributed by atoms with Gasteiger partial charge in [-0.05, 0) is 48.6 Å². The fourth-order valence-electron chi connectivity index (χ4n) is 6.13. The summed E-state index contributed by atoms with van der Waals surface area (Å²) in [6.45, 7) is 10.9. The van der Waals surface area contributed by atoms with Crippen LogP contribution in [-0.2, 0) is 27.2 Å². The maximum atomic E-state index is 11.7. The summed E-state index contributed by atoms with van der Waals surface area (Å²) in [5, 5.41) is 3.58. The van der Waals surface area contributed by atoms with Crippen LogP contribution in [0.3, 0.4) is 0 Å². The predicted octanol–water partition coefficient (Wildman–Crippen LogP) is 4.91. The van der Waals surface area contributed by atoms with Crippen LogP contribution in [-0.4, -0.2) is 56.0 Å². The molecule has 6 rings (SSSR count). The number of anilines is 2. The van der Waals surface area contributed by atoms with Gasteiger partial charge >= 0.3 is 5.97 Å². The maximum Gasteiger partial charge on any atom is 0.306 e. The number of rotatable bonds is 6. The van der Waals surface area contributed by atoms with E-state index in [4.69, 9.17) is 24.2 Å². The molecule has 1 saturated heterocycles. The van der Waals surface area contributed by atoms with Crippen molar-refractivity contribution >= 4 is 17.6 Å². The van der Waals surface area contributed by atoms with Gasteiger partial charge in [0, 0.05) is 54.4 Å². The van der Waals surface area contributed by atoms with Crippen LogP contribution in [0.2, 0.25) is 0 Å². The fraction of sp³-hybridized carbons (Fsp3) is 0.452. The van der Waals surface area contributed by atoms with Crippen molar-refractivity contribution in [3.05, 3.63) is 64.0 Å². The van der Waals surface area contributed by atoms with Crippen LogP contribution in [0.25, 0.3) is 11.1 Å². The number of nitrogens with zero attached hydrogens (tertiary/aromatic N) is 3. The number of carbonyl (C=O) groups is 1. The Balaban J connectivity index is 1.25. The molecule has 0 bridgehead atoms. The second-order valence-corrected chi connectivity index (χ2v) is 10.9. The number of hydrogen-bond donors (Lipinski definition) is 1. The minimum Gasteiger partial charge on any atom is -0.493 e. The highest BCUT2D eigenvalue weighted by Gasteiger charge is 2.30. The molecule has 0 spiro atoms. The topological polar surface area (TPSA) is 85.8 Å². The van der Waals surface area contributed by atoms with Crippen molar-refractivity contribution in [2.24, 2.45) is 0 Å². The van der Waals surface area contributed by atoms with Gasteiger partial charge in [0.05, 0.1) is 44.7 Å². The van der Waals surface area contributed by atoms with Crippen LogP contribution in [0, 0.1) is 13.8 Å². The van der Waals surface area contributed by atoms with Crippen molar-refractivity contribution in [2.75, 3.05) is 50.2 Å². The summed E-state index contributed by atoms with van der Waals surface area (Å²) in [4.78, 5) is 24.1. The summed E-state index contributed by atoms with van der Waals surface area (Å²) < 4.78 is 16.3. The molecule has 8 heteroatoms. The van der Waals surface area contributed by atoms with E-state index < -0.39 is 0 Å². The Labute approximate surface area is 229 Å². The van der Waals surface area contributed by atoms with E-state index in [9.17, 15) is 4.79 Å². The molecule has 0 saturated carbocycles. The third kappa shape index (κ3) is 4.82. The zero-order chi connectivity index (χ0) is 27.1. The van der Waals surface area contributed by atoms with Gasteiger partial charge in [0.1, 0.15) is 5.75 Å². The number of ether oxygens (including phenoxy) is 3. The first-order valence-electron chi connectivity index (χ1n) is 13.8. The molecule has 0 radical (unpaired) electrons. The zero-order valence-corrected chi connectivity index (χ0v) is 23.2. The first-order chi connectivity index (χ1) is 18.9. The molecule has 39 heavy (non-hydrogen) atoms. The lowest BCUT2D eigenvalue weighted by Crippen LogP contribution is -2.37. The molecule has 2 atom stereocenters. The second-order valence-electron chi connectivity index (χ2n) is 10.9. The number of fused-ring (bicyclic) bond motifs is 4. The molecule has 8 nitrogen and oxygen atoms in total. The molecule has 2 aliphatic heterocycles. The van der Waals surface area contributed by atoms with Gasteiger partial charge in [0.2, 0.25) is 5.95 Å². The molecule has 204 valence electrons. The Hall–Kier alpha value is -3.65. The van der Waals surface area contributed by atoms with Gasteiger partial charge in [-0.15, -0.1) is 0 Å². The zero-order valence-electron chi connectivity index (χ0n) is 23.2. The maximum absolute atomic E-state index is 11.7. The Morgan fingerprint density at radius 2 is 1.95 bits per heavy atom. The smallest absolute Gasteiger partial charge is 0.306 e. The van der Waals surface area contributed by atoms with Crippen molar-refractivity contribution < 1.29 is 19.0 Å². The number of nitrogens with one attached hydrogen (secondary N) is 1. The lowest BCUT2D eigenvalue weighted by molar-refractivity contribution is -0.141. The minimum atomic E-state index is -0.213. The summed E-state index contributed by atoms with van der Waals surface area (Å²) in [6.07, 6.45) is 1.31. The first-order valence-corrected chi connectivity index (χ1v) is 13.8. The first kappa shape index (κ1) is 25.6. The average molecular weight is 529 g/mol. The predicted molar refractivity (Wildman–Crippen MR) is 151 cm³/mol. The molecule has 2 unspecified atom stereocenters. The summed E-state index contributed by atoms with van der Waals surface area (Å²) in [5.74, 6) is 1.83. The number of aryl methyl sites for hydroxylation is 1. The molecule has 1 aromatic heterocycles. The molecule has 1 aliphatic carbocycles. The van der Waals surface area contributed by atoms with Crippen LogP contribution >= 0.6 is 0 Å². The molecular weight excluding hydrogens is 492 g/mol. The van der Waals surface area contributed by atoms with Gasteiger partial charge < -0.3 is 24.4 Å². The Morgan fingerprint density at radius 1 is 1.13 bits per heavy atom. The van der Waals surface area contributed by atoms with E-state index in [1.165, 1.54) is 34.9 Å². The molecule has 0 amide bonds. The van der Waals surface area contributed by atoms with Crippen LogP contribution in [0.4, 0.5) is 11.6 Å². The van der Waals surface area contributed by atoms with Crippen LogP contribution in [0.15, 0.2) is 30.3 Å². The molecule has 3 heterocycles. The summed E-state index contributed by atoms with van der Waals surface area (Å²) >= 11 is 0.